The number of nitriles is 2. The summed E-state index contributed by atoms with van der Waals surface area (Å²) in [6, 6.07) is 50.2. The summed E-state index contributed by atoms with van der Waals surface area (Å²) < 4.78 is 0. The van der Waals surface area contributed by atoms with Crippen molar-refractivity contribution < 1.29 is 0 Å². The van der Waals surface area contributed by atoms with Gasteiger partial charge in [-0.3, -0.25) is 0 Å². The highest BCUT2D eigenvalue weighted by molar-refractivity contribution is 5.97. The monoisotopic (exact) mass is 561 g/mol. The van der Waals surface area contributed by atoms with Crippen molar-refractivity contribution in [3.8, 4) is 68.6 Å². The van der Waals surface area contributed by atoms with Crippen LogP contribution in [-0.2, 0) is 0 Å². The molecule has 0 amide bonds. The molecule has 0 unspecified atom stereocenters. The molecule has 7 rings (SSSR count). The molecule has 0 bridgehead atoms. The summed E-state index contributed by atoms with van der Waals surface area (Å²) in [4.78, 5) is 14.5. The molecule has 0 aliphatic heterocycles. The normalized spacial score (nSPS) is 10.7. The fourth-order valence-electron chi connectivity index (χ4n) is 5.37. The molecule has 7 aromatic rings. The number of hydrogen-bond acceptors (Lipinski definition) is 5. The second-order valence-electron chi connectivity index (χ2n) is 10.4. The maximum Gasteiger partial charge on any atom is 0.164 e. The molecule has 204 valence electrons. The van der Waals surface area contributed by atoms with Crippen LogP contribution in [0.1, 0.15) is 11.1 Å². The van der Waals surface area contributed by atoms with Gasteiger partial charge in [0.15, 0.2) is 17.5 Å². The average molecular weight is 562 g/mol. The van der Waals surface area contributed by atoms with Crippen LogP contribution in [-0.4, -0.2) is 15.0 Å². The van der Waals surface area contributed by atoms with Crippen molar-refractivity contribution >= 4 is 10.8 Å². The quantitative estimate of drug-likeness (QED) is 0.209. The first-order valence-electron chi connectivity index (χ1n) is 14.1. The van der Waals surface area contributed by atoms with Crippen molar-refractivity contribution in [3.05, 3.63) is 151 Å². The van der Waals surface area contributed by atoms with Crippen LogP contribution in [0.15, 0.2) is 140 Å². The van der Waals surface area contributed by atoms with Crippen molar-refractivity contribution in [1.29, 1.82) is 10.5 Å². The van der Waals surface area contributed by atoms with Gasteiger partial charge in [0.1, 0.15) is 0 Å². The zero-order valence-electron chi connectivity index (χ0n) is 23.5. The van der Waals surface area contributed by atoms with Gasteiger partial charge in [-0.2, -0.15) is 10.5 Å². The first-order valence-corrected chi connectivity index (χ1v) is 14.1. The predicted octanol–water partition coefficient (Wildman–Crippen LogP) is 9.10. The maximum absolute atomic E-state index is 9.63. The molecule has 1 aromatic heterocycles. The lowest BCUT2D eigenvalue weighted by molar-refractivity contribution is 1.07. The predicted molar refractivity (Wildman–Crippen MR) is 174 cm³/mol. The molecule has 0 N–H and O–H groups in total. The number of benzene rings is 6. The lowest BCUT2D eigenvalue weighted by Gasteiger charge is -2.14. The highest BCUT2D eigenvalue weighted by atomic mass is 15.0. The molecule has 0 aliphatic carbocycles. The number of aromatic nitrogens is 3. The van der Waals surface area contributed by atoms with Crippen molar-refractivity contribution in [2.75, 3.05) is 0 Å². The van der Waals surface area contributed by atoms with Crippen molar-refractivity contribution in [1.82, 2.24) is 15.0 Å². The Morgan fingerprint density at radius 1 is 0.364 bits per heavy atom. The van der Waals surface area contributed by atoms with Gasteiger partial charge in [-0.1, -0.05) is 109 Å². The summed E-state index contributed by atoms with van der Waals surface area (Å²) in [7, 11) is 0. The van der Waals surface area contributed by atoms with Crippen LogP contribution in [0, 0.1) is 22.7 Å². The summed E-state index contributed by atoms with van der Waals surface area (Å²) in [6.45, 7) is 0. The minimum absolute atomic E-state index is 0.451. The van der Waals surface area contributed by atoms with E-state index in [1.54, 1.807) is 6.07 Å². The van der Waals surface area contributed by atoms with Crippen LogP contribution in [0.2, 0.25) is 0 Å². The molecule has 0 fully saturated rings. The van der Waals surface area contributed by atoms with Crippen molar-refractivity contribution in [2.24, 2.45) is 0 Å². The molecule has 5 nitrogen and oxygen atoms in total. The number of hydrogen-bond donors (Lipinski definition) is 0. The molecular weight excluding hydrogens is 538 g/mol. The van der Waals surface area contributed by atoms with E-state index in [2.05, 4.69) is 48.5 Å². The Morgan fingerprint density at radius 2 is 0.750 bits per heavy atom. The van der Waals surface area contributed by atoms with Gasteiger partial charge in [0, 0.05) is 16.7 Å². The summed E-state index contributed by atoms with van der Waals surface area (Å²) in [5.41, 5.74) is 7.37. The molecule has 1 heterocycles. The average Bonchev–Trinajstić information content (AvgIpc) is 3.11. The summed E-state index contributed by atoms with van der Waals surface area (Å²) in [5, 5.41) is 21.5. The van der Waals surface area contributed by atoms with Crippen LogP contribution in [0.25, 0.3) is 67.2 Å². The van der Waals surface area contributed by atoms with E-state index < -0.39 is 0 Å². The van der Waals surface area contributed by atoms with E-state index in [4.69, 9.17) is 15.0 Å². The third kappa shape index (κ3) is 5.18. The first kappa shape index (κ1) is 26.5. The standard InChI is InChI=1S/C39H23N5/c40-24-26-19-27(25-41)21-34(20-26)36-23-33-14-8-7-13-32(33)22-35(36)28-15-17-31(18-16-28)39-43-37(29-9-3-1-4-10-29)42-38(44-39)30-11-5-2-6-12-30/h1-23H. The van der Waals surface area contributed by atoms with Gasteiger partial charge >= 0.3 is 0 Å². The highest BCUT2D eigenvalue weighted by Crippen LogP contribution is 2.37. The van der Waals surface area contributed by atoms with Gasteiger partial charge in [0.2, 0.25) is 0 Å². The van der Waals surface area contributed by atoms with Crippen LogP contribution in [0.3, 0.4) is 0 Å². The summed E-state index contributed by atoms with van der Waals surface area (Å²) >= 11 is 0. The van der Waals surface area contributed by atoms with E-state index in [-0.39, 0.29) is 0 Å². The lowest BCUT2D eigenvalue weighted by atomic mass is 9.90. The van der Waals surface area contributed by atoms with Crippen LogP contribution in [0.5, 0.6) is 0 Å². The zero-order chi connectivity index (χ0) is 29.9. The molecule has 6 aromatic carbocycles. The Labute approximate surface area is 255 Å². The largest absolute Gasteiger partial charge is 0.208 e. The smallest absolute Gasteiger partial charge is 0.164 e. The Kier molecular flexibility index (Phi) is 6.89. The van der Waals surface area contributed by atoms with E-state index >= 15 is 0 Å². The second kappa shape index (κ2) is 11.4. The Balaban J connectivity index is 1.36. The first-order chi connectivity index (χ1) is 21.7. The van der Waals surface area contributed by atoms with Gasteiger partial charge in [-0.25, -0.2) is 15.0 Å². The van der Waals surface area contributed by atoms with Crippen LogP contribution in [0.4, 0.5) is 0 Å². The minimum atomic E-state index is 0.451. The molecule has 0 saturated carbocycles. The molecule has 0 radical (unpaired) electrons. The zero-order valence-corrected chi connectivity index (χ0v) is 23.5. The summed E-state index contributed by atoms with van der Waals surface area (Å²) in [6.07, 6.45) is 0. The van der Waals surface area contributed by atoms with Gasteiger partial charge in [-0.15, -0.1) is 0 Å². The topological polar surface area (TPSA) is 86.2 Å². The Bertz CT molecular complexity index is 2140. The van der Waals surface area contributed by atoms with Crippen LogP contribution >= 0.6 is 0 Å². The fraction of sp³-hybridized carbons (Fsp3) is 0. The third-order valence-corrected chi connectivity index (χ3v) is 7.54. The van der Waals surface area contributed by atoms with Gasteiger partial charge in [-0.05, 0) is 63.4 Å². The summed E-state index contributed by atoms with van der Waals surface area (Å²) in [5.74, 6) is 1.81. The molecule has 0 atom stereocenters. The molecule has 0 saturated heterocycles. The molecule has 5 heteroatoms. The fourth-order valence-corrected chi connectivity index (χ4v) is 5.37. The lowest BCUT2D eigenvalue weighted by Crippen LogP contribution is -2.00. The van der Waals surface area contributed by atoms with Gasteiger partial charge in [0.05, 0.1) is 23.3 Å². The maximum atomic E-state index is 9.63. The Morgan fingerprint density at radius 3 is 1.20 bits per heavy atom. The molecule has 0 spiro atoms. The number of nitrogens with zero attached hydrogens (tertiary/aromatic N) is 5. The van der Waals surface area contributed by atoms with Gasteiger partial charge < -0.3 is 0 Å². The van der Waals surface area contributed by atoms with E-state index in [1.807, 2.05) is 97.1 Å². The van der Waals surface area contributed by atoms with Crippen LogP contribution < -0.4 is 0 Å². The minimum Gasteiger partial charge on any atom is -0.208 e. The van der Waals surface area contributed by atoms with E-state index in [0.29, 0.717) is 28.6 Å². The van der Waals surface area contributed by atoms with E-state index in [9.17, 15) is 10.5 Å². The Hall–Kier alpha value is -6.43. The third-order valence-electron chi connectivity index (χ3n) is 7.54. The van der Waals surface area contributed by atoms with Crippen molar-refractivity contribution in [3.63, 3.8) is 0 Å². The van der Waals surface area contributed by atoms with Crippen molar-refractivity contribution in [2.45, 2.75) is 0 Å². The van der Waals surface area contributed by atoms with E-state index in [1.165, 1.54) is 0 Å². The molecule has 0 aliphatic rings. The number of rotatable bonds is 5. The van der Waals surface area contributed by atoms with Gasteiger partial charge in [0.25, 0.3) is 0 Å². The molecular formula is C39H23N5. The SMILES string of the molecule is N#Cc1cc(C#N)cc(-c2cc3ccccc3cc2-c2ccc(-c3nc(-c4ccccc4)nc(-c4ccccc4)n3)cc2)c1. The number of fused-ring (bicyclic) bond motifs is 1. The van der Waals surface area contributed by atoms with E-state index in [0.717, 1.165) is 49.7 Å². The second-order valence-corrected chi connectivity index (χ2v) is 10.4. The molecule has 44 heavy (non-hydrogen) atoms. The highest BCUT2D eigenvalue weighted by Gasteiger charge is 2.15.